The minimum absolute atomic E-state index is 0.0421. The average molecular weight is 278 g/mol. The van der Waals surface area contributed by atoms with Crippen LogP contribution in [0.5, 0.6) is 0 Å². The highest BCUT2D eigenvalue weighted by atomic mass is 19.2. The first-order valence-electron chi connectivity index (χ1n) is 6.29. The molecule has 0 spiro atoms. The van der Waals surface area contributed by atoms with Crippen LogP contribution in [-0.2, 0) is 0 Å². The molecule has 2 rings (SSSR count). The maximum Gasteiger partial charge on any atom is 0.182 e. The zero-order chi connectivity index (χ0) is 14.7. The summed E-state index contributed by atoms with van der Waals surface area (Å²) in [6.45, 7) is 3.92. The van der Waals surface area contributed by atoms with Crippen LogP contribution in [0.15, 0.2) is 24.3 Å². The van der Waals surface area contributed by atoms with Crippen LogP contribution in [-0.4, -0.2) is 17.0 Å². The van der Waals surface area contributed by atoms with Crippen molar-refractivity contribution in [3.8, 4) is 0 Å². The SMILES string of the molecule is CNc1cc(Nc2cccc(F)c2F)nc(C(C)C)n1. The third-order valence-corrected chi connectivity index (χ3v) is 2.73. The molecule has 1 aromatic carbocycles. The fraction of sp³-hybridized carbons (Fsp3) is 0.286. The summed E-state index contributed by atoms with van der Waals surface area (Å²) in [7, 11) is 1.74. The van der Waals surface area contributed by atoms with Crippen molar-refractivity contribution in [3.63, 3.8) is 0 Å². The number of anilines is 3. The van der Waals surface area contributed by atoms with E-state index in [1.807, 2.05) is 13.8 Å². The Morgan fingerprint density at radius 1 is 1.10 bits per heavy atom. The topological polar surface area (TPSA) is 49.8 Å². The molecule has 0 atom stereocenters. The second-order valence-corrected chi connectivity index (χ2v) is 4.63. The Kier molecular flexibility index (Phi) is 4.12. The first-order valence-corrected chi connectivity index (χ1v) is 6.29. The van der Waals surface area contributed by atoms with E-state index in [1.165, 1.54) is 12.1 Å². The van der Waals surface area contributed by atoms with E-state index in [-0.39, 0.29) is 11.6 Å². The summed E-state index contributed by atoms with van der Waals surface area (Å²) in [5, 5.41) is 5.69. The van der Waals surface area contributed by atoms with E-state index < -0.39 is 11.6 Å². The van der Waals surface area contributed by atoms with Crippen LogP contribution in [0.1, 0.15) is 25.6 Å². The fourth-order valence-electron chi connectivity index (χ4n) is 1.65. The van der Waals surface area contributed by atoms with Gasteiger partial charge in [0.2, 0.25) is 0 Å². The average Bonchev–Trinajstić information content (AvgIpc) is 2.43. The molecular formula is C14H16F2N4. The van der Waals surface area contributed by atoms with Crippen LogP contribution >= 0.6 is 0 Å². The molecule has 0 saturated heterocycles. The van der Waals surface area contributed by atoms with Gasteiger partial charge in [-0.3, -0.25) is 0 Å². The lowest BCUT2D eigenvalue weighted by molar-refractivity contribution is 0.511. The first-order chi connectivity index (χ1) is 9.51. The van der Waals surface area contributed by atoms with Gasteiger partial charge in [-0.2, -0.15) is 0 Å². The van der Waals surface area contributed by atoms with Crippen LogP contribution < -0.4 is 10.6 Å². The molecule has 0 unspecified atom stereocenters. The minimum Gasteiger partial charge on any atom is -0.373 e. The number of aromatic nitrogens is 2. The first kappa shape index (κ1) is 14.2. The number of hydrogen-bond donors (Lipinski definition) is 2. The fourth-order valence-corrected chi connectivity index (χ4v) is 1.65. The standard InChI is InChI=1S/C14H16F2N4/c1-8(2)14-19-11(17-3)7-12(20-14)18-10-6-4-5-9(15)13(10)16/h4-8H,1-3H3,(H2,17,18,19,20). The molecule has 0 radical (unpaired) electrons. The lowest BCUT2D eigenvalue weighted by Crippen LogP contribution is -2.06. The van der Waals surface area contributed by atoms with Gasteiger partial charge in [0.15, 0.2) is 11.6 Å². The molecule has 0 amide bonds. The van der Waals surface area contributed by atoms with Crippen molar-refractivity contribution in [1.29, 1.82) is 0 Å². The van der Waals surface area contributed by atoms with Crippen molar-refractivity contribution in [2.75, 3.05) is 17.7 Å². The quantitative estimate of drug-likeness (QED) is 0.896. The smallest absolute Gasteiger partial charge is 0.182 e. The molecule has 4 nitrogen and oxygen atoms in total. The van der Waals surface area contributed by atoms with Gasteiger partial charge in [0.05, 0.1) is 5.69 Å². The van der Waals surface area contributed by atoms with Gasteiger partial charge in [0.25, 0.3) is 0 Å². The molecule has 6 heteroatoms. The second kappa shape index (κ2) is 5.81. The molecule has 1 heterocycles. The third-order valence-electron chi connectivity index (χ3n) is 2.73. The molecule has 0 aliphatic heterocycles. The van der Waals surface area contributed by atoms with E-state index in [0.717, 1.165) is 6.07 Å². The summed E-state index contributed by atoms with van der Waals surface area (Å²) in [6.07, 6.45) is 0. The van der Waals surface area contributed by atoms with Crippen LogP contribution in [0.25, 0.3) is 0 Å². The number of benzene rings is 1. The summed E-state index contributed by atoms with van der Waals surface area (Å²) >= 11 is 0. The zero-order valence-electron chi connectivity index (χ0n) is 11.5. The van der Waals surface area contributed by atoms with Crippen molar-refractivity contribution in [3.05, 3.63) is 41.7 Å². The molecule has 0 saturated carbocycles. The lowest BCUT2D eigenvalue weighted by atomic mass is 10.2. The Hall–Kier alpha value is -2.24. The Bertz CT molecular complexity index is 614. The molecule has 20 heavy (non-hydrogen) atoms. The Morgan fingerprint density at radius 2 is 1.80 bits per heavy atom. The van der Waals surface area contributed by atoms with Crippen molar-refractivity contribution >= 4 is 17.3 Å². The molecule has 0 fully saturated rings. The van der Waals surface area contributed by atoms with E-state index in [4.69, 9.17) is 0 Å². The molecule has 0 aliphatic rings. The van der Waals surface area contributed by atoms with Gasteiger partial charge in [0, 0.05) is 19.0 Å². The van der Waals surface area contributed by atoms with E-state index in [1.54, 1.807) is 13.1 Å². The minimum atomic E-state index is -0.928. The van der Waals surface area contributed by atoms with E-state index in [0.29, 0.717) is 17.5 Å². The Morgan fingerprint density at radius 3 is 2.45 bits per heavy atom. The highest BCUT2D eigenvalue weighted by Crippen LogP contribution is 2.23. The van der Waals surface area contributed by atoms with Gasteiger partial charge in [-0.15, -0.1) is 0 Å². The number of hydrogen-bond acceptors (Lipinski definition) is 4. The molecule has 0 bridgehead atoms. The highest BCUT2D eigenvalue weighted by Gasteiger charge is 2.11. The second-order valence-electron chi connectivity index (χ2n) is 4.63. The normalized spacial score (nSPS) is 10.7. The van der Waals surface area contributed by atoms with Gasteiger partial charge in [0.1, 0.15) is 17.5 Å². The van der Waals surface area contributed by atoms with E-state index in [9.17, 15) is 8.78 Å². The molecule has 106 valence electrons. The highest BCUT2D eigenvalue weighted by molar-refractivity contribution is 5.59. The predicted molar refractivity (Wildman–Crippen MR) is 75.3 cm³/mol. The zero-order valence-corrected chi connectivity index (χ0v) is 11.5. The largest absolute Gasteiger partial charge is 0.373 e. The van der Waals surface area contributed by atoms with Gasteiger partial charge in [-0.05, 0) is 12.1 Å². The van der Waals surface area contributed by atoms with Gasteiger partial charge in [-0.25, -0.2) is 18.7 Å². The maximum atomic E-state index is 13.6. The lowest BCUT2D eigenvalue weighted by Gasteiger charge is -2.12. The monoisotopic (exact) mass is 278 g/mol. The number of halogens is 2. The van der Waals surface area contributed by atoms with Crippen LogP contribution in [0, 0.1) is 11.6 Å². The van der Waals surface area contributed by atoms with Gasteiger partial charge in [-0.1, -0.05) is 19.9 Å². The van der Waals surface area contributed by atoms with Crippen molar-refractivity contribution in [1.82, 2.24) is 9.97 Å². The van der Waals surface area contributed by atoms with Crippen molar-refractivity contribution < 1.29 is 8.78 Å². The Balaban J connectivity index is 2.37. The van der Waals surface area contributed by atoms with Gasteiger partial charge < -0.3 is 10.6 Å². The van der Waals surface area contributed by atoms with Crippen LogP contribution in [0.2, 0.25) is 0 Å². The predicted octanol–water partition coefficient (Wildman–Crippen LogP) is 3.66. The molecular weight excluding hydrogens is 262 g/mol. The summed E-state index contributed by atoms with van der Waals surface area (Å²) < 4.78 is 26.8. The number of nitrogens with zero attached hydrogens (tertiary/aromatic N) is 2. The van der Waals surface area contributed by atoms with E-state index in [2.05, 4.69) is 20.6 Å². The molecule has 0 aliphatic carbocycles. The van der Waals surface area contributed by atoms with Gasteiger partial charge >= 0.3 is 0 Å². The van der Waals surface area contributed by atoms with Crippen molar-refractivity contribution in [2.24, 2.45) is 0 Å². The molecule has 2 aromatic rings. The van der Waals surface area contributed by atoms with E-state index >= 15 is 0 Å². The van der Waals surface area contributed by atoms with Crippen LogP contribution in [0.3, 0.4) is 0 Å². The summed E-state index contributed by atoms with van der Waals surface area (Å²) in [6, 6.07) is 5.59. The Labute approximate surface area is 116 Å². The van der Waals surface area contributed by atoms with Crippen LogP contribution in [0.4, 0.5) is 26.1 Å². The molecule has 2 N–H and O–H groups in total. The number of rotatable bonds is 4. The number of nitrogens with one attached hydrogen (secondary N) is 2. The maximum absolute atomic E-state index is 13.6. The summed E-state index contributed by atoms with van der Waals surface area (Å²) in [5.41, 5.74) is 0.0421. The summed E-state index contributed by atoms with van der Waals surface area (Å²) in [5.74, 6) is -0.0527. The third kappa shape index (κ3) is 3.01. The molecule has 1 aromatic heterocycles. The summed E-state index contributed by atoms with van der Waals surface area (Å²) in [4.78, 5) is 8.60. The van der Waals surface area contributed by atoms with Crippen molar-refractivity contribution in [2.45, 2.75) is 19.8 Å².